The molecular formula is C14H17N3O3. The molecule has 0 fully saturated rings. The van der Waals surface area contributed by atoms with E-state index in [9.17, 15) is 4.79 Å². The average molecular weight is 275 g/mol. The van der Waals surface area contributed by atoms with E-state index in [1.165, 1.54) is 7.11 Å². The summed E-state index contributed by atoms with van der Waals surface area (Å²) < 4.78 is 10.2. The first kappa shape index (κ1) is 13.9. The zero-order chi connectivity index (χ0) is 14.7. The summed E-state index contributed by atoms with van der Waals surface area (Å²) in [5.74, 6) is 0.923. The molecule has 0 spiro atoms. The first-order chi connectivity index (χ1) is 9.52. The minimum Gasteiger partial charge on any atom is -0.496 e. The number of nitrogens with zero attached hydrogens (tertiary/aromatic N) is 1. The molecule has 0 saturated heterocycles. The Morgan fingerprint density at radius 2 is 2.20 bits per heavy atom. The fourth-order valence-corrected chi connectivity index (χ4v) is 1.92. The van der Waals surface area contributed by atoms with Crippen molar-refractivity contribution >= 4 is 11.6 Å². The number of carbonyl (C=O) groups excluding carboxylic acids is 1. The van der Waals surface area contributed by atoms with E-state index < -0.39 is 0 Å². The maximum Gasteiger partial charge on any atom is 0.255 e. The van der Waals surface area contributed by atoms with Gasteiger partial charge in [0.1, 0.15) is 11.5 Å². The number of benzene rings is 1. The second kappa shape index (κ2) is 5.64. The van der Waals surface area contributed by atoms with Crippen molar-refractivity contribution in [2.75, 3.05) is 12.8 Å². The summed E-state index contributed by atoms with van der Waals surface area (Å²) in [6.07, 6.45) is 0. The number of rotatable bonds is 4. The lowest BCUT2D eigenvalue weighted by molar-refractivity contribution is 0.0948. The molecule has 6 heteroatoms. The Bertz CT molecular complexity index is 615. The molecule has 2 aromatic rings. The molecule has 106 valence electrons. The van der Waals surface area contributed by atoms with Crippen molar-refractivity contribution in [3.05, 3.63) is 40.8 Å². The number of aryl methyl sites for hydroxylation is 2. The van der Waals surface area contributed by atoms with Crippen LogP contribution in [0, 0.1) is 13.8 Å². The number of anilines is 1. The molecule has 20 heavy (non-hydrogen) atoms. The standard InChI is InChI=1S/C14H17N3O3/c1-8-12(9(2)20-17-8)7-16-14(18)11-6-10(15)4-5-13(11)19-3/h4-6H,7,15H2,1-3H3,(H,16,18). The van der Waals surface area contributed by atoms with E-state index in [0.29, 0.717) is 29.3 Å². The Kier molecular flexibility index (Phi) is 3.93. The molecule has 0 radical (unpaired) electrons. The smallest absolute Gasteiger partial charge is 0.255 e. The van der Waals surface area contributed by atoms with Gasteiger partial charge in [0.25, 0.3) is 5.91 Å². The molecule has 6 nitrogen and oxygen atoms in total. The largest absolute Gasteiger partial charge is 0.496 e. The van der Waals surface area contributed by atoms with E-state index in [0.717, 1.165) is 11.3 Å². The number of amides is 1. The first-order valence-corrected chi connectivity index (χ1v) is 6.16. The summed E-state index contributed by atoms with van der Waals surface area (Å²) in [6.45, 7) is 3.99. The number of aromatic nitrogens is 1. The first-order valence-electron chi connectivity index (χ1n) is 6.16. The lowest BCUT2D eigenvalue weighted by atomic mass is 10.1. The predicted octanol–water partition coefficient (Wildman–Crippen LogP) is 1.81. The normalized spacial score (nSPS) is 10.3. The molecule has 1 heterocycles. The highest BCUT2D eigenvalue weighted by molar-refractivity contribution is 5.97. The molecular weight excluding hydrogens is 258 g/mol. The molecule has 1 aromatic heterocycles. The topological polar surface area (TPSA) is 90.4 Å². The van der Waals surface area contributed by atoms with Crippen LogP contribution in [0.15, 0.2) is 22.7 Å². The molecule has 0 bridgehead atoms. The predicted molar refractivity (Wildman–Crippen MR) is 74.6 cm³/mol. The van der Waals surface area contributed by atoms with Crippen LogP contribution in [0.25, 0.3) is 0 Å². The Balaban J connectivity index is 2.15. The summed E-state index contributed by atoms with van der Waals surface area (Å²) in [4.78, 5) is 12.2. The van der Waals surface area contributed by atoms with Gasteiger partial charge in [-0.3, -0.25) is 4.79 Å². The number of nitrogens with one attached hydrogen (secondary N) is 1. The summed E-state index contributed by atoms with van der Waals surface area (Å²) in [5, 5.41) is 6.65. The van der Waals surface area contributed by atoms with Crippen LogP contribution in [-0.4, -0.2) is 18.2 Å². The second-order valence-electron chi connectivity index (χ2n) is 4.45. The van der Waals surface area contributed by atoms with E-state index >= 15 is 0 Å². The van der Waals surface area contributed by atoms with E-state index in [1.807, 2.05) is 13.8 Å². The molecule has 0 aliphatic rings. The van der Waals surface area contributed by atoms with Crippen molar-refractivity contribution < 1.29 is 14.1 Å². The lowest BCUT2D eigenvalue weighted by Gasteiger charge is -2.10. The van der Waals surface area contributed by atoms with Gasteiger partial charge in [-0.2, -0.15) is 0 Å². The SMILES string of the molecule is COc1ccc(N)cc1C(=O)NCc1c(C)noc1C. The van der Waals surface area contributed by atoms with Gasteiger partial charge in [-0.15, -0.1) is 0 Å². The number of nitrogen functional groups attached to an aromatic ring is 1. The Labute approximate surface area is 116 Å². The van der Waals surface area contributed by atoms with Gasteiger partial charge < -0.3 is 20.3 Å². The van der Waals surface area contributed by atoms with Crippen molar-refractivity contribution in [1.82, 2.24) is 10.5 Å². The van der Waals surface area contributed by atoms with E-state index in [4.69, 9.17) is 15.0 Å². The van der Waals surface area contributed by atoms with Crippen molar-refractivity contribution in [3.63, 3.8) is 0 Å². The Hall–Kier alpha value is -2.50. The summed E-state index contributed by atoms with van der Waals surface area (Å²) >= 11 is 0. The molecule has 1 amide bonds. The van der Waals surface area contributed by atoms with E-state index in [2.05, 4.69) is 10.5 Å². The number of ether oxygens (including phenoxy) is 1. The fourth-order valence-electron chi connectivity index (χ4n) is 1.92. The maximum absolute atomic E-state index is 12.2. The molecule has 2 rings (SSSR count). The van der Waals surface area contributed by atoms with E-state index in [1.54, 1.807) is 18.2 Å². The molecule has 0 aliphatic heterocycles. The highest BCUT2D eigenvalue weighted by Crippen LogP contribution is 2.21. The molecule has 3 N–H and O–H groups in total. The van der Waals surface area contributed by atoms with Gasteiger partial charge in [0.2, 0.25) is 0 Å². The number of hydrogen-bond donors (Lipinski definition) is 2. The third-order valence-corrected chi connectivity index (χ3v) is 3.08. The van der Waals surface area contributed by atoms with Gasteiger partial charge in [0, 0.05) is 17.8 Å². The zero-order valence-electron chi connectivity index (χ0n) is 11.7. The van der Waals surface area contributed by atoms with Crippen LogP contribution in [0.3, 0.4) is 0 Å². The molecule has 0 aliphatic carbocycles. The van der Waals surface area contributed by atoms with Gasteiger partial charge in [0.15, 0.2) is 0 Å². The summed E-state index contributed by atoms with van der Waals surface area (Å²) in [5.41, 5.74) is 8.25. The number of nitrogens with two attached hydrogens (primary N) is 1. The van der Waals surface area contributed by atoms with Crippen LogP contribution in [0.1, 0.15) is 27.4 Å². The maximum atomic E-state index is 12.2. The van der Waals surface area contributed by atoms with Crippen molar-refractivity contribution in [2.45, 2.75) is 20.4 Å². The quantitative estimate of drug-likeness (QED) is 0.830. The lowest BCUT2D eigenvalue weighted by Crippen LogP contribution is -2.24. The number of carbonyl (C=O) groups is 1. The third kappa shape index (κ3) is 2.74. The highest BCUT2D eigenvalue weighted by atomic mass is 16.5. The number of methoxy groups -OCH3 is 1. The number of hydrogen-bond acceptors (Lipinski definition) is 5. The molecule has 1 aromatic carbocycles. The second-order valence-corrected chi connectivity index (χ2v) is 4.45. The Morgan fingerprint density at radius 3 is 2.80 bits per heavy atom. The van der Waals surface area contributed by atoms with Gasteiger partial charge in [-0.05, 0) is 32.0 Å². The van der Waals surface area contributed by atoms with Crippen LogP contribution < -0.4 is 15.8 Å². The third-order valence-electron chi connectivity index (χ3n) is 3.08. The summed E-state index contributed by atoms with van der Waals surface area (Å²) in [7, 11) is 1.51. The van der Waals surface area contributed by atoms with Crippen LogP contribution in [0.2, 0.25) is 0 Å². The van der Waals surface area contributed by atoms with Crippen LogP contribution >= 0.6 is 0 Å². The molecule has 0 atom stereocenters. The van der Waals surface area contributed by atoms with Crippen molar-refractivity contribution in [3.8, 4) is 5.75 Å². The van der Waals surface area contributed by atoms with Gasteiger partial charge in [0.05, 0.1) is 18.4 Å². The van der Waals surface area contributed by atoms with Crippen LogP contribution in [-0.2, 0) is 6.54 Å². The Morgan fingerprint density at radius 1 is 1.45 bits per heavy atom. The van der Waals surface area contributed by atoms with Crippen molar-refractivity contribution in [1.29, 1.82) is 0 Å². The van der Waals surface area contributed by atoms with Gasteiger partial charge in [-0.1, -0.05) is 5.16 Å². The summed E-state index contributed by atoms with van der Waals surface area (Å²) in [6, 6.07) is 4.94. The average Bonchev–Trinajstić information content (AvgIpc) is 2.75. The zero-order valence-corrected chi connectivity index (χ0v) is 11.7. The fraction of sp³-hybridized carbons (Fsp3) is 0.286. The van der Waals surface area contributed by atoms with Crippen LogP contribution in [0.4, 0.5) is 5.69 Å². The monoisotopic (exact) mass is 275 g/mol. The minimum absolute atomic E-state index is 0.255. The minimum atomic E-state index is -0.255. The van der Waals surface area contributed by atoms with Crippen molar-refractivity contribution in [2.24, 2.45) is 0 Å². The molecule has 0 unspecified atom stereocenters. The highest BCUT2D eigenvalue weighted by Gasteiger charge is 2.15. The van der Waals surface area contributed by atoms with E-state index in [-0.39, 0.29) is 5.91 Å². The molecule has 0 saturated carbocycles. The van der Waals surface area contributed by atoms with Gasteiger partial charge in [-0.25, -0.2) is 0 Å². The van der Waals surface area contributed by atoms with Gasteiger partial charge >= 0.3 is 0 Å². The van der Waals surface area contributed by atoms with Crippen LogP contribution in [0.5, 0.6) is 5.75 Å².